The van der Waals surface area contributed by atoms with Gasteiger partial charge in [-0.25, -0.2) is 10.2 Å². The highest BCUT2D eigenvalue weighted by molar-refractivity contribution is 6.02. The molecular formula is C26H36N4O4. The maximum atomic E-state index is 12.9. The van der Waals surface area contributed by atoms with Gasteiger partial charge in [-0.2, -0.15) is 0 Å². The fourth-order valence-electron chi connectivity index (χ4n) is 4.51. The maximum Gasteiger partial charge on any atom is 0.414 e. The molecule has 0 spiro atoms. The lowest BCUT2D eigenvalue weighted by Gasteiger charge is -2.38. The summed E-state index contributed by atoms with van der Waals surface area (Å²) in [6, 6.07) is 5.96. The van der Waals surface area contributed by atoms with E-state index in [4.69, 9.17) is 9.47 Å². The van der Waals surface area contributed by atoms with Crippen LogP contribution in [-0.4, -0.2) is 51.0 Å². The first kappa shape index (κ1) is 24.3. The lowest BCUT2D eigenvalue weighted by molar-refractivity contribution is -0.116. The Balaban J connectivity index is 1.67. The first-order valence-electron chi connectivity index (χ1n) is 12.1. The number of benzene rings is 1. The number of fused-ring (bicyclic) bond motifs is 1. The second kappa shape index (κ2) is 10.2. The number of rotatable bonds is 6. The van der Waals surface area contributed by atoms with Crippen LogP contribution in [0.1, 0.15) is 52.5 Å². The van der Waals surface area contributed by atoms with Crippen molar-refractivity contribution in [3.05, 3.63) is 41.6 Å². The topological polar surface area (TPSA) is 83.1 Å². The minimum atomic E-state index is -0.391. The summed E-state index contributed by atoms with van der Waals surface area (Å²) in [6.07, 6.45) is 6.71. The Kier molecular flexibility index (Phi) is 7.28. The molecule has 1 aromatic carbocycles. The van der Waals surface area contributed by atoms with E-state index in [1.165, 1.54) is 0 Å². The van der Waals surface area contributed by atoms with Gasteiger partial charge >= 0.3 is 6.09 Å². The SMILES string of the molecule is CC(=O)N1CCN(C(=O)OC(C)C)c2cc(C3=C(NNCC4(C)COC4)CCCC=C3)ccc21. The zero-order chi connectivity index (χ0) is 24.3. The second-order valence-corrected chi connectivity index (χ2v) is 9.93. The number of nitrogens with one attached hydrogen (secondary N) is 2. The molecule has 34 heavy (non-hydrogen) atoms. The normalized spacial score (nSPS) is 19.4. The number of anilines is 2. The summed E-state index contributed by atoms with van der Waals surface area (Å²) in [7, 11) is 0. The standard InChI is InChI=1S/C26H36N4O4/c1-18(2)34-25(32)30-13-12-29(19(3)31)23-11-10-20(14-24(23)30)21-8-6-5-7-9-22(21)28-27-15-26(4)16-33-17-26/h6,8,10-11,14,18,27-28H,5,7,9,12-13,15-17H2,1-4H3. The Morgan fingerprint density at radius 1 is 1.18 bits per heavy atom. The van der Waals surface area contributed by atoms with Gasteiger partial charge < -0.3 is 19.8 Å². The van der Waals surface area contributed by atoms with Gasteiger partial charge in [-0.1, -0.05) is 25.1 Å². The smallest absolute Gasteiger partial charge is 0.414 e. The van der Waals surface area contributed by atoms with Crippen molar-refractivity contribution in [2.75, 3.05) is 42.6 Å². The summed E-state index contributed by atoms with van der Waals surface area (Å²) in [4.78, 5) is 28.5. The number of ether oxygens (including phenoxy) is 2. The van der Waals surface area contributed by atoms with E-state index in [1.807, 2.05) is 32.0 Å². The monoisotopic (exact) mass is 468 g/mol. The van der Waals surface area contributed by atoms with Gasteiger partial charge in [0.05, 0.1) is 30.7 Å². The zero-order valence-electron chi connectivity index (χ0n) is 20.6. The van der Waals surface area contributed by atoms with Crippen molar-refractivity contribution in [2.45, 2.75) is 53.1 Å². The average molecular weight is 469 g/mol. The van der Waals surface area contributed by atoms with Gasteiger partial charge in [0.25, 0.3) is 0 Å². The molecule has 1 saturated heterocycles. The van der Waals surface area contributed by atoms with E-state index in [0.29, 0.717) is 18.8 Å². The largest absolute Gasteiger partial charge is 0.446 e. The molecule has 3 aliphatic rings. The molecule has 184 valence electrons. The minimum Gasteiger partial charge on any atom is -0.446 e. The van der Waals surface area contributed by atoms with Crippen molar-refractivity contribution in [3.63, 3.8) is 0 Å². The van der Waals surface area contributed by atoms with Crippen LogP contribution < -0.4 is 20.7 Å². The van der Waals surface area contributed by atoms with Crippen molar-refractivity contribution in [1.29, 1.82) is 0 Å². The molecule has 2 N–H and O–H groups in total. The third-order valence-corrected chi connectivity index (χ3v) is 6.41. The van der Waals surface area contributed by atoms with E-state index in [0.717, 1.165) is 61.5 Å². The van der Waals surface area contributed by atoms with Gasteiger partial charge in [0.1, 0.15) is 0 Å². The highest BCUT2D eigenvalue weighted by Gasteiger charge is 2.33. The van der Waals surface area contributed by atoms with Crippen LogP contribution in [0.5, 0.6) is 0 Å². The van der Waals surface area contributed by atoms with Gasteiger partial charge in [0.2, 0.25) is 5.91 Å². The third kappa shape index (κ3) is 5.28. The molecule has 0 aromatic heterocycles. The van der Waals surface area contributed by atoms with Crippen molar-refractivity contribution in [3.8, 4) is 0 Å². The van der Waals surface area contributed by atoms with E-state index in [-0.39, 0.29) is 17.4 Å². The molecule has 2 heterocycles. The van der Waals surface area contributed by atoms with Crippen LogP contribution in [0.4, 0.5) is 16.2 Å². The fraction of sp³-hybridized carbons (Fsp3) is 0.538. The van der Waals surface area contributed by atoms with Gasteiger partial charge in [-0.3, -0.25) is 9.69 Å². The number of hydrogen-bond donors (Lipinski definition) is 2. The van der Waals surface area contributed by atoms with E-state index in [2.05, 4.69) is 29.9 Å². The average Bonchev–Trinajstić information content (AvgIpc) is 3.01. The zero-order valence-corrected chi connectivity index (χ0v) is 20.6. The number of hydrogen-bond acceptors (Lipinski definition) is 6. The minimum absolute atomic E-state index is 0.0421. The lowest BCUT2D eigenvalue weighted by atomic mass is 9.89. The fourth-order valence-corrected chi connectivity index (χ4v) is 4.51. The molecule has 1 aromatic rings. The van der Waals surface area contributed by atoms with Crippen LogP contribution in [-0.2, 0) is 14.3 Å². The van der Waals surface area contributed by atoms with Crippen molar-refractivity contribution >= 4 is 28.9 Å². The Bertz CT molecular complexity index is 997. The summed E-state index contributed by atoms with van der Waals surface area (Å²) in [5.74, 6) is -0.0421. The molecule has 0 atom stereocenters. The maximum absolute atomic E-state index is 12.9. The van der Waals surface area contributed by atoms with E-state index in [1.54, 1.807) is 16.7 Å². The van der Waals surface area contributed by atoms with Crippen LogP contribution in [0.15, 0.2) is 36.0 Å². The van der Waals surface area contributed by atoms with E-state index in [9.17, 15) is 9.59 Å². The van der Waals surface area contributed by atoms with Gasteiger partial charge in [0.15, 0.2) is 0 Å². The molecule has 2 amide bonds. The summed E-state index contributed by atoms with van der Waals surface area (Å²) < 4.78 is 10.9. The van der Waals surface area contributed by atoms with E-state index < -0.39 is 6.09 Å². The molecule has 0 radical (unpaired) electrons. The highest BCUT2D eigenvalue weighted by Crippen LogP contribution is 2.38. The Labute approximate surface area is 201 Å². The molecule has 0 bridgehead atoms. The molecule has 0 unspecified atom stereocenters. The van der Waals surface area contributed by atoms with Crippen molar-refractivity contribution in [2.24, 2.45) is 5.41 Å². The third-order valence-electron chi connectivity index (χ3n) is 6.41. The number of hydrazine groups is 1. The predicted molar refractivity (Wildman–Crippen MR) is 133 cm³/mol. The number of carbonyl (C=O) groups excluding carboxylic acids is 2. The molecule has 4 rings (SSSR count). The summed E-state index contributed by atoms with van der Waals surface area (Å²) in [5, 5.41) is 0. The van der Waals surface area contributed by atoms with Crippen LogP contribution >= 0.6 is 0 Å². The summed E-state index contributed by atoms with van der Waals surface area (Å²) >= 11 is 0. The quantitative estimate of drug-likeness (QED) is 0.615. The van der Waals surface area contributed by atoms with Gasteiger partial charge in [-0.05, 0) is 50.8 Å². The van der Waals surface area contributed by atoms with Crippen LogP contribution in [0.25, 0.3) is 5.57 Å². The molecule has 8 nitrogen and oxygen atoms in total. The predicted octanol–water partition coefficient (Wildman–Crippen LogP) is 3.99. The number of allylic oxidation sites excluding steroid dienone is 4. The Hall–Kier alpha value is -2.84. The summed E-state index contributed by atoms with van der Waals surface area (Å²) in [6.45, 7) is 10.6. The van der Waals surface area contributed by atoms with Crippen LogP contribution in [0.2, 0.25) is 0 Å². The number of carbonyl (C=O) groups is 2. The van der Waals surface area contributed by atoms with Crippen molar-refractivity contribution < 1.29 is 19.1 Å². The Morgan fingerprint density at radius 3 is 2.62 bits per heavy atom. The molecule has 8 heteroatoms. The molecule has 1 fully saturated rings. The number of nitrogens with zero attached hydrogens (tertiary/aromatic N) is 2. The lowest BCUT2D eigenvalue weighted by Crippen LogP contribution is -2.50. The number of amides is 2. The van der Waals surface area contributed by atoms with Gasteiger partial charge in [0, 0.05) is 43.2 Å². The first-order chi connectivity index (χ1) is 16.3. The van der Waals surface area contributed by atoms with Crippen molar-refractivity contribution in [1.82, 2.24) is 10.9 Å². The Morgan fingerprint density at radius 2 is 1.94 bits per heavy atom. The molecule has 1 aliphatic carbocycles. The highest BCUT2D eigenvalue weighted by atomic mass is 16.6. The van der Waals surface area contributed by atoms with E-state index >= 15 is 0 Å². The van der Waals surface area contributed by atoms with Gasteiger partial charge in [-0.15, -0.1) is 0 Å². The van der Waals surface area contributed by atoms with Crippen LogP contribution in [0.3, 0.4) is 0 Å². The first-order valence-corrected chi connectivity index (χ1v) is 12.1. The molecular weight excluding hydrogens is 432 g/mol. The molecule has 0 saturated carbocycles. The van der Waals surface area contributed by atoms with Crippen LogP contribution in [0, 0.1) is 5.41 Å². The second-order valence-electron chi connectivity index (χ2n) is 9.93. The summed E-state index contributed by atoms with van der Waals surface area (Å²) in [5.41, 5.74) is 11.6. The molecule has 2 aliphatic heterocycles.